The molecule has 2 nitrogen and oxygen atoms in total. The molecule has 1 rings (SSSR count). The number of hydrogen-bond donors (Lipinski definition) is 0. The Hall–Kier alpha value is -1.44. The maximum absolute atomic E-state index is 5.32. The third kappa shape index (κ3) is 1.90. The van der Waals surface area contributed by atoms with E-state index < -0.39 is 0 Å². The van der Waals surface area contributed by atoms with Gasteiger partial charge in [-0.2, -0.15) is 0 Å². The molecule has 0 spiro atoms. The smallest absolute Gasteiger partial charge is 0.164 e. The lowest BCUT2D eigenvalue weighted by Gasteiger charge is -2.14. The first-order valence-electron chi connectivity index (χ1n) is 4.58. The summed E-state index contributed by atoms with van der Waals surface area (Å²) in [5.74, 6) is 1.82. The lowest BCUT2D eigenvalue weighted by atomic mass is 10.00. The molecule has 0 saturated carbocycles. The zero-order chi connectivity index (χ0) is 10.6. The topological polar surface area (TPSA) is 18.5 Å². The van der Waals surface area contributed by atoms with Gasteiger partial charge in [0.25, 0.3) is 0 Å². The third-order valence-corrected chi connectivity index (χ3v) is 2.28. The third-order valence-electron chi connectivity index (χ3n) is 2.28. The van der Waals surface area contributed by atoms with E-state index in [0.717, 1.165) is 17.1 Å². The maximum atomic E-state index is 5.32. The van der Waals surface area contributed by atoms with Crippen LogP contribution in [0.1, 0.15) is 18.4 Å². The van der Waals surface area contributed by atoms with Gasteiger partial charge in [0, 0.05) is 11.5 Å². The van der Waals surface area contributed by atoms with E-state index in [-0.39, 0.29) is 5.92 Å². The number of para-hydroxylation sites is 1. The summed E-state index contributed by atoms with van der Waals surface area (Å²) in [5, 5.41) is 0. The van der Waals surface area contributed by atoms with Crippen LogP contribution in [-0.2, 0) is 0 Å². The van der Waals surface area contributed by atoms with Gasteiger partial charge in [-0.25, -0.2) is 0 Å². The maximum Gasteiger partial charge on any atom is 0.164 e. The summed E-state index contributed by atoms with van der Waals surface area (Å²) in [7, 11) is 3.29. The van der Waals surface area contributed by atoms with Crippen molar-refractivity contribution in [1.82, 2.24) is 0 Å². The van der Waals surface area contributed by atoms with Crippen molar-refractivity contribution in [3.63, 3.8) is 0 Å². The normalized spacial score (nSPS) is 11.9. The molecule has 14 heavy (non-hydrogen) atoms. The van der Waals surface area contributed by atoms with Gasteiger partial charge < -0.3 is 9.47 Å². The van der Waals surface area contributed by atoms with Gasteiger partial charge >= 0.3 is 0 Å². The van der Waals surface area contributed by atoms with Gasteiger partial charge in [0.15, 0.2) is 11.5 Å². The van der Waals surface area contributed by atoms with Crippen molar-refractivity contribution >= 4 is 0 Å². The van der Waals surface area contributed by atoms with Gasteiger partial charge in [-0.3, -0.25) is 0 Å². The van der Waals surface area contributed by atoms with Crippen molar-refractivity contribution in [2.24, 2.45) is 0 Å². The van der Waals surface area contributed by atoms with E-state index in [0.29, 0.717) is 0 Å². The molecule has 0 bridgehead atoms. The Morgan fingerprint density at radius 1 is 1.29 bits per heavy atom. The molecule has 76 valence electrons. The minimum absolute atomic E-state index is 0.264. The highest BCUT2D eigenvalue weighted by atomic mass is 16.5. The molecule has 1 aromatic carbocycles. The van der Waals surface area contributed by atoms with Crippen LogP contribution < -0.4 is 9.47 Å². The monoisotopic (exact) mass is 192 g/mol. The molecule has 0 amide bonds. The van der Waals surface area contributed by atoms with Crippen LogP contribution >= 0.6 is 0 Å². The van der Waals surface area contributed by atoms with Gasteiger partial charge in [0.05, 0.1) is 14.2 Å². The molecule has 0 saturated heterocycles. The fourth-order valence-electron chi connectivity index (χ4n) is 1.40. The molecule has 1 aromatic rings. The van der Waals surface area contributed by atoms with E-state index in [4.69, 9.17) is 9.47 Å². The highest BCUT2D eigenvalue weighted by Crippen LogP contribution is 2.35. The van der Waals surface area contributed by atoms with E-state index >= 15 is 0 Å². The van der Waals surface area contributed by atoms with Crippen molar-refractivity contribution in [2.75, 3.05) is 14.2 Å². The summed E-state index contributed by atoms with van der Waals surface area (Å²) in [6, 6.07) is 5.86. The predicted molar refractivity (Wildman–Crippen MR) is 58.2 cm³/mol. The van der Waals surface area contributed by atoms with Crippen LogP contribution in [0.25, 0.3) is 0 Å². The van der Waals surface area contributed by atoms with E-state index in [2.05, 4.69) is 13.5 Å². The first kappa shape index (κ1) is 10.6. The molecule has 1 unspecified atom stereocenters. The number of rotatable bonds is 4. The van der Waals surface area contributed by atoms with Crippen LogP contribution in [0.15, 0.2) is 30.9 Å². The molecule has 0 heterocycles. The zero-order valence-electron chi connectivity index (χ0n) is 8.91. The number of ether oxygens (including phenoxy) is 2. The number of benzene rings is 1. The molecule has 0 aliphatic heterocycles. The first-order valence-corrected chi connectivity index (χ1v) is 4.58. The number of allylic oxidation sites excluding steroid dienone is 1. The highest BCUT2D eigenvalue weighted by Gasteiger charge is 2.12. The summed E-state index contributed by atoms with van der Waals surface area (Å²) in [6.45, 7) is 5.85. The van der Waals surface area contributed by atoms with Gasteiger partial charge in [-0.15, -0.1) is 6.58 Å². The Balaban J connectivity index is 3.21. The fraction of sp³-hybridized carbons (Fsp3) is 0.333. The Morgan fingerprint density at radius 2 is 2.00 bits per heavy atom. The summed E-state index contributed by atoms with van der Waals surface area (Å²) >= 11 is 0. The van der Waals surface area contributed by atoms with Crippen molar-refractivity contribution < 1.29 is 9.47 Å². The van der Waals surface area contributed by atoms with Crippen molar-refractivity contribution in [3.8, 4) is 11.5 Å². The van der Waals surface area contributed by atoms with Crippen molar-refractivity contribution in [3.05, 3.63) is 36.4 Å². The molecule has 0 fully saturated rings. The lowest BCUT2D eigenvalue weighted by molar-refractivity contribution is 0.351. The molecule has 2 heteroatoms. The zero-order valence-corrected chi connectivity index (χ0v) is 8.91. The highest BCUT2D eigenvalue weighted by molar-refractivity contribution is 5.48. The Morgan fingerprint density at radius 3 is 2.50 bits per heavy atom. The quantitative estimate of drug-likeness (QED) is 0.683. The van der Waals surface area contributed by atoms with E-state index in [1.165, 1.54) is 0 Å². The fourth-order valence-corrected chi connectivity index (χ4v) is 1.40. The van der Waals surface area contributed by atoms with Crippen LogP contribution in [0.5, 0.6) is 11.5 Å². The summed E-state index contributed by atoms with van der Waals surface area (Å²) in [4.78, 5) is 0. The van der Waals surface area contributed by atoms with Crippen LogP contribution in [0.4, 0.5) is 0 Å². The standard InChI is InChI=1S/C12H16O2/c1-5-9(2)10-7-6-8-11(13-3)12(10)14-4/h5-9H,1H2,2-4H3. The summed E-state index contributed by atoms with van der Waals surface area (Å²) in [5.41, 5.74) is 1.10. The summed E-state index contributed by atoms with van der Waals surface area (Å²) in [6.07, 6.45) is 1.89. The van der Waals surface area contributed by atoms with Crippen LogP contribution in [-0.4, -0.2) is 14.2 Å². The summed E-state index contributed by atoms with van der Waals surface area (Å²) < 4.78 is 10.5. The van der Waals surface area contributed by atoms with E-state index in [1.54, 1.807) is 14.2 Å². The number of methoxy groups -OCH3 is 2. The average Bonchev–Trinajstić information content (AvgIpc) is 2.26. The van der Waals surface area contributed by atoms with Crippen LogP contribution in [0.2, 0.25) is 0 Å². The minimum Gasteiger partial charge on any atom is -0.493 e. The lowest BCUT2D eigenvalue weighted by Crippen LogP contribution is -1.97. The van der Waals surface area contributed by atoms with E-state index in [1.807, 2.05) is 24.3 Å². The first-order chi connectivity index (χ1) is 6.74. The van der Waals surface area contributed by atoms with Gasteiger partial charge in [0.2, 0.25) is 0 Å². The Labute approximate surface area is 85.2 Å². The largest absolute Gasteiger partial charge is 0.493 e. The predicted octanol–water partition coefficient (Wildman–Crippen LogP) is 2.99. The molecular formula is C12H16O2. The van der Waals surface area contributed by atoms with Crippen molar-refractivity contribution in [1.29, 1.82) is 0 Å². The minimum atomic E-state index is 0.264. The molecule has 0 aliphatic carbocycles. The molecule has 0 N–H and O–H groups in total. The van der Waals surface area contributed by atoms with Gasteiger partial charge in [-0.1, -0.05) is 25.1 Å². The second-order valence-electron chi connectivity index (χ2n) is 3.11. The second kappa shape index (κ2) is 4.70. The van der Waals surface area contributed by atoms with Crippen molar-refractivity contribution in [2.45, 2.75) is 12.8 Å². The van der Waals surface area contributed by atoms with Gasteiger partial charge in [-0.05, 0) is 6.07 Å². The van der Waals surface area contributed by atoms with Gasteiger partial charge in [0.1, 0.15) is 0 Å². The average molecular weight is 192 g/mol. The van der Waals surface area contributed by atoms with Crippen LogP contribution in [0, 0.1) is 0 Å². The second-order valence-corrected chi connectivity index (χ2v) is 3.11. The Kier molecular flexibility index (Phi) is 3.57. The molecule has 1 atom stereocenters. The molecular weight excluding hydrogens is 176 g/mol. The SMILES string of the molecule is C=CC(C)c1cccc(OC)c1OC. The molecule has 0 aromatic heterocycles. The molecule has 0 radical (unpaired) electrons. The van der Waals surface area contributed by atoms with Crippen LogP contribution in [0.3, 0.4) is 0 Å². The van der Waals surface area contributed by atoms with E-state index in [9.17, 15) is 0 Å². The Bertz CT molecular complexity index is 318. The molecule has 0 aliphatic rings. The number of hydrogen-bond acceptors (Lipinski definition) is 2.